The Labute approximate surface area is 111 Å². The lowest BCUT2D eigenvalue weighted by atomic mass is 10.2. The van der Waals surface area contributed by atoms with Crippen LogP contribution in [-0.2, 0) is 18.3 Å². The summed E-state index contributed by atoms with van der Waals surface area (Å²) in [4.78, 5) is 22.6. The van der Waals surface area contributed by atoms with Crippen LogP contribution in [0, 0.1) is 5.92 Å². The summed E-state index contributed by atoms with van der Waals surface area (Å²) in [6, 6.07) is 0.683. The molecule has 0 spiro atoms. The third-order valence-electron chi connectivity index (χ3n) is 3.24. The molecule has 1 aromatic heterocycles. The number of nitrogens with one attached hydrogen (secondary N) is 2. The van der Waals surface area contributed by atoms with Crippen molar-refractivity contribution in [2.24, 2.45) is 13.0 Å². The van der Waals surface area contributed by atoms with Crippen molar-refractivity contribution in [1.82, 2.24) is 20.4 Å². The smallest absolute Gasteiger partial charge is 0.326 e. The number of aliphatic carboxylic acids is 1. The monoisotopic (exact) mass is 266 g/mol. The molecule has 1 aliphatic carbocycles. The van der Waals surface area contributed by atoms with Crippen LogP contribution in [0.25, 0.3) is 0 Å². The minimum Gasteiger partial charge on any atom is -0.480 e. The number of hydrogen-bond acceptors (Lipinski definition) is 3. The molecule has 1 atom stereocenters. The second kappa shape index (κ2) is 5.73. The minimum absolute atomic E-state index is 0.0836. The second-order valence-corrected chi connectivity index (χ2v) is 4.75. The first-order valence-electron chi connectivity index (χ1n) is 6.32. The maximum atomic E-state index is 11.6. The van der Waals surface area contributed by atoms with Crippen molar-refractivity contribution in [2.75, 3.05) is 6.54 Å². The van der Waals surface area contributed by atoms with E-state index >= 15 is 0 Å². The van der Waals surface area contributed by atoms with E-state index in [1.54, 1.807) is 10.9 Å². The summed E-state index contributed by atoms with van der Waals surface area (Å²) in [6.07, 6.45) is 4.09. The molecule has 1 unspecified atom stereocenters. The van der Waals surface area contributed by atoms with Crippen molar-refractivity contribution in [1.29, 1.82) is 0 Å². The Hall–Kier alpha value is -2.05. The van der Waals surface area contributed by atoms with Crippen molar-refractivity contribution in [3.05, 3.63) is 18.0 Å². The van der Waals surface area contributed by atoms with Crippen molar-refractivity contribution < 1.29 is 14.7 Å². The van der Waals surface area contributed by atoms with E-state index in [1.807, 2.05) is 13.1 Å². The number of carboxylic acid groups (broad SMARTS) is 1. The van der Waals surface area contributed by atoms with E-state index in [9.17, 15) is 9.59 Å². The third kappa shape index (κ3) is 3.70. The first kappa shape index (κ1) is 13.4. The van der Waals surface area contributed by atoms with Crippen LogP contribution in [0.15, 0.2) is 12.3 Å². The maximum absolute atomic E-state index is 11.6. The van der Waals surface area contributed by atoms with Crippen molar-refractivity contribution in [3.8, 4) is 0 Å². The van der Waals surface area contributed by atoms with Gasteiger partial charge in [-0.15, -0.1) is 0 Å². The number of urea groups is 1. The third-order valence-corrected chi connectivity index (χ3v) is 3.24. The Morgan fingerprint density at radius 1 is 1.58 bits per heavy atom. The number of rotatable bonds is 6. The molecule has 2 amide bonds. The van der Waals surface area contributed by atoms with Gasteiger partial charge in [-0.25, -0.2) is 9.59 Å². The molecule has 0 bridgehead atoms. The molecule has 1 heterocycles. The Morgan fingerprint density at radius 2 is 2.32 bits per heavy atom. The lowest BCUT2D eigenvalue weighted by Crippen LogP contribution is -2.47. The summed E-state index contributed by atoms with van der Waals surface area (Å²) in [7, 11) is 1.84. The van der Waals surface area contributed by atoms with Gasteiger partial charge in [0.15, 0.2) is 0 Å². The quantitative estimate of drug-likeness (QED) is 0.681. The zero-order chi connectivity index (χ0) is 13.8. The van der Waals surface area contributed by atoms with Gasteiger partial charge in [0.2, 0.25) is 0 Å². The number of aryl methyl sites for hydroxylation is 1. The van der Waals surface area contributed by atoms with Crippen LogP contribution >= 0.6 is 0 Å². The van der Waals surface area contributed by atoms with Gasteiger partial charge in [0, 0.05) is 31.9 Å². The van der Waals surface area contributed by atoms with Crippen LogP contribution in [0.3, 0.4) is 0 Å². The average Bonchev–Trinajstić information content (AvgIpc) is 3.11. The van der Waals surface area contributed by atoms with E-state index in [0.717, 1.165) is 18.5 Å². The fourth-order valence-corrected chi connectivity index (χ4v) is 1.95. The Kier molecular flexibility index (Phi) is 4.03. The summed E-state index contributed by atoms with van der Waals surface area (Å²) in [6.45, 7) is 0.447. The van der Waals surface area contributed by atoms with E-state index in [-0.39, 0.29) is 5.92 Å². The number of carboxylic acids is 1. The SMILES string of the molecule is Cn1nccc1CCNC(=O)NC(C(=O)O)C1CC1. The minimum atomic E-state index is -0.968. The first-order valence-corrected chi connectivity index (χ1v) is 6.32. The van der Waals surface area contributed by atoms with Crippen LogP contribution < -0.4 is 10.6 Å². The standard InChI is InChI=1S/C12H18N4O3/c1-16-9(5-7-14-16)4-6-13-12(19)15-10(11(17)18)8-2-3-8/h5,7-8,10H,2-4,6H2,1H3,(H,17,18)(H2,13,15,19). The largest absolute Gasteiger partial charge is 0.480 e. The number of carbonyl (C=O) groups is 2. The van der Waals surface area contributed by atoms with E-state index < -0.39 is 18.0 Å². The highest BCUT2D eigenvalue weighted by molar-refractivity contribution is 5.83. The van der Waals surface area contributed by atoms with Gasteiger partial charge in [0.1, 0.15) is 6.04 Å². The molecule has 0 aliphatic heterocycles. The molecule has 0 aromatic carbocycles. The molecular weight excluding hydrogens is 248 g/mol. The lowest BCUT2D eigenvalue weighted by molar-refractivity contribution is -0.139. The molecule has 1 aromatic rings. The highest BCUT2D eigenvalue weighted by Crippen LogP contribution is 2.32. The molecule has 1 saturated carbocycles. The fourth-order valence-electron chi connectivity index (χ4n) is 1.95. The molecule has 0 saturated heterocycles. The second-order valence-electron chi connectivity index (χ2n) is 4.75. The zero-order valence-corrected chi connectivity index (χ0v) is 10.8. The van der Waals surface area contributed by atoms with E-state index in [2.05, 4.69) is 15.7 Å². The van der Waals surface area contributed by atoms with E-state index in [4.69, 9.17) is 5.11 Å². The zero-order valence-electron chi connectivity index (χ0n) is 10.8. The molecule has 1 aliphatic rings. The summed E-state index contributed by atoms with van der Waals surface area (Å²) in [5.74, 6) is -0.885. The highest BCUT2D eigenvalue weighted by Gasteiger charge is 2.37. The summed E-state index contributed by atoms with van der Waals surface area (Å²) >= 11 is 0. The lowest BCUT2D eigenvalue weighted by Gasteiger charge is -2.14. The molecule has 0 radical (unpaired) electrons. The van der Waals surface area contributed by atoms with Crippen molar-refractivity contribution in [3.63, 3.8) is 0 Å². The van der Waals surface area contributed by atoms with E-state index in [1.165, 1.54) is 0 Å². The molecule has 7 heteroatoms. The molecule has 7 nitrogen and oxygen atoms in total. The molecular formula is C12H18N4O3. The Balaban J connectivity index is 1.72. The van der Waals surface area contributed by atoms with Crippen LogP contribution in [-0.4, -0.2) is 39.5 Å². The topological polar surface area (TPSA) is 96.3 Å². The van der Waals surface area contributed by atoms with E-state index in [0.29, 0.717) is 13.0 Å². The molecule has 2 rings (SSSR count). The predicted molar refractivity (Wildman–Crippen MR) is 67.6 cm³/mol. The van der Waals surface area contributed by atoms with Gasteiger partial charge in [-0.2, -0.15) is 5.10 Å². The number of carbonyl (C=O) groups excluding carboxylic acids is 1. The molecule has 3 N–H and O–H groups in total. The van der Waals surface area contributed by atoms with Crippen LogP contribution in [0.2, 0.25) is 0 Å². The van der Waals surface area contributed by atoms with Gasteiger partial charge in [0.05, 0.1) is 0 Å². The van der Waals surface area contributed by atoms with Gasteiger partial charge in [-0.05, 0) is 24.8 Å². The number of nitrogens with zero attached hydrogens (tertiary/aromatic N) is 2. The molecule has 104 valence electrons. The van der Waals surface area contributed by atoms with Crippen molar-refractivity contribution >= 4 is 12.0 Å². The predicted octanol–water partition coefficient (Wildman–Crippen LogP) is 0.125. The summed E-state index contributed by atoms with van der Waals surface area (Å²) in [5.41, 5.74) is 1.01. The van der Waals surface area contributed by atoms with Gasteiger partial charge in [-0.3, -0.25) is 4.68 Å². The van der Waals surface area contributed by atoms with Gasteiger partial charge < -0.3 is 15.7 Å². The van der Waals surface area contributed by atoms with Gasteiger partial charge in [-0.1, -0.05) is 0 Å². The van der Waals surface area contributed by atoms with Crippen LogP contribution in [0.5, 0.6) is 0 Å². The van der Waals surface area contributed by atoms with Gasteiger partial charge in [0.25, 0.3) is 0 Å². The molecule has 19 heavy (non-hydrogen) atoms. The Bertz CT molecular complexity index is 467. The summed E-state index contributed by atoms with van der Waals surface area (Å²) in [5, 5.41) is 18.2. The first-order chi connectivity index (χ1) is 9.08. The number of hydrogen-bond donors (Lipinski definition) is 3. The average molecular weight is 266 g/mol. The maximum Gasteiger partial charge on any atom is 0.326 e. The van der Waals surface area contributed by atoms with Crippen LogP contribution in [0.1, 0.15) is 18.5 Å². The highest BCUT2D eigenvalue weighted by atomic mass is 16.4. The number of aromatic nitrogens is 2. The molecule has 1 fully saturated rings. The van der Waals surface area contributed by atoms with Gasteiger partial charge >= 0.3 is 12.0 Å². The Morgan fingerprint density at radius 3 is 2.84 bits per heavy atom. The fraction of sp³-hybridized carbons (Fsp3) is 0.583. The van der Waals surface area contributed by atoms with Crippen LogP contribution in [0.4, 0.5) is 4.79 Å². The normalized spacial score (nSPS) is 15.8. The summed E-state index contributed by atoms with van der Waals surface area (Å²) < 4.78 is 1.74. The number of amides is 2. The van der Waals surface area contributed by atoms with Crippen molar-refractivity contribution in [2.45, 2.75) is 25.3 Å².